The van der Waals surface area contributed by atoms with Gasteiger partial charge in [-0.25, -0.2) is 10.1 Å². The molecule has 3 rings (SSSR count). The van der Waals surface area contributed by atoms with Crippen LogP contribution in [0.5, 0.6) is 5.75 Å². The van der Waals surface area contributed by atoms with E-state index in [-0.39, 0.29) is 18.2 Å². The van der Waals surface area contributed by atoms with Crippen molar-refractivity contribution in [3.05, 3.63) is 66.4 Å². The molecular weight excluding hydrogens is 306 g/mol. The summed E-state index contributed by atoms with van der Waals surface area (Å²) in [6.45, 7) is 0.0206. The van der Waals surface area contributed by atoms with E-state index >= 15 is 0 Å². The number of carbonyl (C=O) groups excluding carboxylic acids is 1. The fraction of sp³-hybridized carbons (Fsp3) is 0.0588. The predicted molar refractivity (Wildman–Crippen MR) is 89.3 cm³/mol. The lowest BCUT2D eigenvalue weighted by molar-refractivity contribution is -0.121. The summed E-state index contributed by atoms with van der Waals surface area (Å²) < 4.78 is 1.45. The zero-order valence-corrected chi connectivity index (χ0v) is 12.7. The van der Waals surface area contributed by atoms with Crippen LogP contribution in [0.15, 0.2) is 65.9 Å². The molecule has 3 aromatic rings. The van der Waals surface area contributed by atoms with Gasteiger partial charge in [0.25, 0.3) is 5.91 Å². The molecule has 1 aromatic heterocycles. The van der Waals surface area contributed by atoms with Crippen LogP contribution in [-0.2, 0) is 11.3 Å². The second-order valence-corrected chi connectivity index (χ2v) is 5.05. The molecule has 0 aliphatic heterocycles. The largest absolute Gasteiger partial charge is 0.508 e. The Morgan fingerprint density at radius 2 is 1.92 bits per heavy atom. The number of amides is 1. The first-order chi connectivity index (χ1) is 11.7. The van der Waals surface area contributed by atoms with E-state index < -0.39 is 0 Å². The molecule has 1 amide bonds. The van der Waals surface area contributed by atoms with Crippen LogP contribution in [0.3, 0.4) is 0 Å². The van der Waals surface area contributed by atoms with Gasteiger partial charge in [-0.2, -0.15) is 5.10 Å². The third-order valence-electron chi connectivity index (χ3n) is 3.21. The molecule has 2 aromatic carbocycles. The molecule has 2 N–H and O–H groups in total. The summed E-state index contributed by atoms with van der Waals surface area (Å²) in [5.74, 6) is -0.133. The standard InChI is InChI=1S/C17H15N5O2/c23-15-8-6-13(7-9-15)10-18-20-17(24)12-22-11-16(19-21-22)14-4-2-1-3-5-14/h1-11,23H,12H2,(H,20,24). The van der Waals surface area contributed by atoms with Crippen LogP contribution in [0.2, 0.25) is 0 Å². The number of carbonyl (C=O) groups is 1. The molecular formula is C17H15N5O2. The van der Waals surface area contributed by atoms with Crippen LogP contribution in [-0.4, -0.2) is 32.2 Å². The first-order valence-electron chi connectivity index (χ1n) is 7.27. The summed E-state index contributed by atoms with van der Waals surface area (Å²) in [4.78, 5) is 11.8. The van der Waals surface area contributed by atoms with Crippen LogP contribution in [0.1, 0.15) is 5.56 Å². The van der Waals surface area contributed by atoms with Gasteiger partial charge in [0.2, 0.25) is 0 Å². The van der Waals surface area contributed by atoms with Crippen molar-refractivity contribution in [1.29, 1.82) is 0 Å². The molecule has 24 heavy (non-hydrogen) atoms. The quantitative estimate of drug-likeness (QED) is 0.553. The van der Waals surface area contributed by atoms with E-state index in [0.717, 1.165) is 11.1 Å². The topological polar surface area (TPSA) is 92.4 Å². The molecule has 0 atom stereocenters. The van der Waals surface area contributed by atoms with Gasteiger partial charge in [0.05, 0.1) is 12.4 Å². The van der Waals surface area contributed by atoms with Crippen molar-refractivity contribution in [2.24, 2.45) is 5.10 Å². The lowest BCUT2D eigenvalue weighted by Crippen LogP contribution is -2.23. The number of nitrogens with one attached hydrogen (secondary N) is 1. The van der Waals surface area contributed by atoms with Crippen molar-refractivity contribution in [2.45, 2.75) is 6.54 Å². The highest BCUT2D eigenvalue weighted by atomic mass is 16.3. The van der Waals surface area contributed by atoms with Crippen LogP contribution in [0, 0.1) is 0 Å². The third-order valence-corrected chi connectivity index (χ3v) is 3.21. The fourth-order valence-corrected chi connectivity index (χ4v) is 2.04. The minimum Gasteiger partial charge on any atom is -0.508 e. The van der Waals surface area contributed by atoms with E-state index in [2.05, 4.69) is 20.8 Å². The molecule has 0 unspecified atom stereocenters. The Bertz CT molecular complexity index is 841. The summed E-state index contributed by atoms with van der Waals surface area (Å²) in [5, 5.41) is 21.0. The molecule has 0 aliphatic carbocycles. The highest BCUT2D eigenvalue weighted by Gasteiger charge is 2.06. The predicted octanol–water partition coefficient (Wildman–Crippen LogP) is 1.80. The van der Waals surface area contributed by atoms with Crippen molar-refractivity contribution >= 4 is 12.1 Å². The summed E-state index contributed by atoms with van der Waals surface area (Å²) in [7, 11) is 0. The van der Waals surface area contributed by atoms with Crippen molar-refractivity contribution in [3.8, 4) is 17.0 Å². The number of rotatable bonds is 5. The first kappa shape index (κ1) is 15.4. The maximum Gasteiger partial charge on any atom is 0.261 e. The summed E-state index contributed by atoms with van der Waals surface area (Å²) in [6.07, 6.45) is 3.20. The average molecular weight is 321 g/mol. The van der Waals surface area contributed by atoms with Gasteiger partial charge >= 0.3 is 0 Å². The van der Waals surface area contributed by atoms with E-state index in [1.165, 1.54) is 10.9 Å². The third kappa shape index (κ3) is 4.04. The van der Waals surface area contributed by atoms with Crippen molar-refractivity contribution < 1.29 is 9.90 Å². The molecule has 0 saturated carbocycles. The van der Waals surface area contributed by atoms with Crippen LogP contribution < -0.4 is 5.43 Å². The number of nitrogens with zero attached hydrogens (tertiary/aromatic N) is 4. The number of hydrogen-bond donors (Lipinski definition) is 2. The number of hydrazone groups is 1. The smallest absolute Gasteiger partial charge is 0.261 e. The molecule has 0 spiro atoms. The minimum absolute atomic E-state index is 0.0206. The number of phenols is 1. The molecule has 0 aliphatic rings. The van der Waals surface area contributed by atoms with Crippen molar-refractivity contribution in [2.75, 3.05) is 0 Å². The molecule has 0 radical (unpaired) electrons. The number of benzene rings is 2. The highest BCUT2D eigenvalue weighted by Crippen LogP contribution is 2.14. The van der Waals surface area contributed by atoms with E-state index in [9.17, 15) is 9.90 Å². The van der Waals surface area contributed by atoms with Crippen LogP contribution in [0.4, 0.5) is 0 Å². The van der Waals surface area contributed by atoms with Crippen LogP contribution in [0.25, 0.3) is 11.3 Å². The maximum atomic E-state index is 11.8. The second kappa shape index (κ2) is 7.19. The molecule has 7 nitrogen and oxygen atoms in total. The SMILES string of the molecule is O=C(Cn1cc(-c2ccccc2)nn1)NN=Cc1ccc(O)cc1. The average Bonchev–Trinajstić information content (AvgIpc) is 3.06. The van der Waals surface area contributed by atoms with Crippen LogP contribution >= 0.6 is 0 Å². The summed E-state index contributed by atoms with van der Waals surface area (Å²) in [5.41, 5.74) is 4.83. The minimum atomic E-state index is -0.311. The molecule has 7 heteroatoms. The fourth-order valence-electron chi connectivity index (χ4n) is 2.04. The summed E-state index contributed by atoms with van der Waals surface area (Å²) in [6, 6.07) is 16.1. The second-order valence-electron chi connectivity index (χ2n) is 5.05. The zero-order valence-electron chi connectivity index (χ0n) is 12.7. The molecule has 0 fully saturated rings. The Morgan fingerprint density at radius 3 is 2.67 bits per heavy atom. The van der Waals surface area contributed by atoms with Crippen molar-refractivity contribution in [3.63, 3.8) is 0 Å². The lowest BCUT2D eigenvalue weighted by atomic mass is 10.2. The zero-order chi connectivity index (χ0) is 16.8. The number of hydrogen-bond acceptors (Lipinski definition) is 5. The number of phenolic OH excluding ortho intramolecular Hbond substituents is 1. The van der Waals surface area contributed by atoms with E-state index in [4.69, 9.17) is 0 Å². The number of aromatic hydroxyl groups is 1. The van der Waals surface area contributed by atoms with Gasteiger partial charge in [-0.15, -0.1) is 5.10 Å². The normalized spacial score (nSPS) is 10.8. The summed E-state index contributed by atoms with van der Waals surface area (Å²) >= 11 is 0. The van der Waals surface area contributed by atoms with Gasteiger partial charge in [-0.05, 0) is 29.8 Å². The van der Waals surface area contributed by atoms with Gasteiger partial charge in [0.1, 0.15) is 18.0 Å². The first-order valence-corrected chi connectivity index (χ1v) is 7.27. The Labute approximate surface area is 138 Å². The number of aromatic nitrogens is 3. The van der Waals surface area contributed by atoms with Gasteiger partial charge in [0, 0.05) is 5.56 Å². The van der Waals surface area contributed by atoms with Crippen molar-refractivity contribution in [1.82, 2.24) is 20.4 Å². The molecule has 1 heterocycles. The van der Waals surface area contributed by atoms with Gasteiger partial charge in [-0.1, -0.05) is 35.5 Å². The van der Waals surface area contributed by atoms with Gasteiger partial charge < -0.3 is 5.11 Å². The van der Waals surface area contributed by atoms with E-state index in [1.807, 2.05) is 30.3 Å². The Kier molecular flexibility index (Phi) is 4.62. The molecule has 120 valence electrons. The van der Waals surface area contributed by atoms with E-state index in [1.54, 1.807) is 30.5 Å². The molecule has 0 bridgehead atoms. The highest BCUT2D eigenvalue weighted by molar-refractivity contribution is 5.82. The Morgan fingerprint density at radius 1 is 1.17 bits per heavy atom. The maximum absolute atomic E-state index is 11.8. The van der Waals surface area contributed by atoms with Gasteiger partial charge in [-0.3, -0.25) is 4.79 Å². The van der Waals surface area contributed by atoms with Gasteiger partial charge in [0.15, 0.2) is 0 Å². The Hall–Kier alpha value is -3.48. The monoisotopic (exact) mass is 321 g/mol. The molecule has 0 saturated heterocycles. The Balaban J connectivity index is 1.55. The van der Waals surface area contributed by atoms with E-state index in [0.29, 0.717) is 5.69 Å². The lowest BCUT2D eigenvalue weighted by Gasteiger charge is -1.99.